The van der Waals surface area contributed by atoms with Crippen molar-refractivity contribution >= 4 is 0 Å². The van der Waals surface area contributed by atoms with Crippen molar-refractivity contribution in [3.8, 4) is 0 Å². The van der Waals surface area contributed by atoms with Crippen molar-refractivity contribution in [1.82, 2.24) is 5.32 Å². The van der Waals surface area contributed by atoms with Crippen LogP contribution in [-0.2, 0) is 4.74 Å². The summed E-state index contributed by atoms with van der Waals surface area (Å²) in [5.74, 6) is 0.745. The van der Waals surface area contributed by atoms with Gasteiger partial charge in [0.15, 0.2) is 0 Å². The molecule has 0 bridgehead atoms. The number of nitrogens with one attached hydrogen (secondary N) is 1. The fourth-order valence-corrected chi connectivity index (χ4v) is 1.35. The number of rotatable bonds is 2. The van der Waals surface area contributed by atoms with E-state index in [1.165, 1.54) is 6.42 Å². The molecule has 1 heterocycles. The van der Waals surface area contributed by atoms with E-state index in [2.05, 4.69) is 12.2 Å². The highest BCUT2D eigenvalue weighted by molar-refractivity contribution is 4.79. The van der Waals surface area contributed by atoms with Crippen LogP contribution in [0.5, 0.6) is 0 Å². The minimum absolute atomic E-state index is 0.657. The summed E-state index contributed by atoms with van der Waals surface area (Å²) < 4.78 is 5.06. The molecule has 2 nitrogen and oxygen atoms in total. The fourth-order valence-electron chi connectivity index (χ4n) is 1.35. The van der Waals surface area contributed by atoms with Crippen molar-refractivity contribution in [3.05, 3.63) is 0 Å². The van der Waals surface area contributed by atoms with Gasteiger partial charge in [-0.25, -0.2) is 0 Å². The van der Waals surface area contributed by atoms with Crippen LogP contribution in [-0.4, -0.2) is 26.3 Å². The second kappa shape index (κ2) is 3.18. The van der Waals surface area contributed by atoms with Crippen molar-refractivity contribution in [2.24, 2.45) is 5.92 Å². The number of methoxy groups -OCH3 is 1. The van der Waals surface area contributed by atoms with Crippen molar-refractivity contribution in [2.45, 2.75) is 19.4 Å². The predicted octanol–water partition coefficient (Wildman–Crippen LogP) is 0.631. The molecular formula is C7H15NO. The van der Waals surface area contributed by atoms with E-state index in [1.54, 1.807) is 7.11 Å². The Hall–Kier alpha value is -0.0800. The van der Waals surface area contributed by atoms with Gasteiger partial charge in [0.2, 0.25) is 0 Å². The first kappa shape index (κ1) is 7.03. The highest BCUT2D eigenvalue weighted by Gasteiger charge is 2.21. The molecule has 0 aromatic heterocycles. The lowest BCUT2D eigenvalue weighted by Gasteiger charge is -2.12. The van der Waals surface area contributed by atoms with Crippen LogP contribution >= 0.6 is 0 Å². The molecule has 1 aliphatic rings. The summed E-state index contributed by atoms with van der Waals surface area (Å²) in [5.41, 5.74) is 0. The molecule has 1 saturated heterocycles. The monoisotopic (exact) mass is 129 g/mol. The molecule has 2 heteroatoms. The SMILES string of the molecule is COCC1CCNC1C. The third kappa shape index (κ3) is 1.66. The molecular weight excluding hydrogens is 114 g/mol. The molecule has 1 N–H and O–H groups in total. The molecule has 1 fully saturated rings. The third-order valence-corrected chi connectivity index (χ3v) is 2.07. The Morgan fingerprint density at radius 3 is 2.89 bits per heavy atom. The quantitative estimate of drug-likeness (QED) is 0.590. The Kier molecular flexibility index (Phi) is 2.49. The first-order valence-corrected chi connectivity index (χ1v) is 3.57. The number of hydrogen-bond acceptors (Lipinski definition) is 2. The Morgan fingerprint density at radius 2 is 2.44 bits per heavy atom. The second-order valence-corrected chi connectivity index (χ2v) is 2.75. The average molecular weight is 129 g/mol. The van der Waals surface area contributed by atoms with Gasteiger partial charge in [-0.15, -0.1) is 0 Å². The molecule has 0 saturated carbocycles. The smallest absolute Gasteiger partial charge is 0.0505 e. The Morgan fingerprint density at radius 1 is 1.67 bits per heavy atom. The van der Waals surface area contributed by atoms with Crippen molar-refractivity contribution in [2.75, 3.05) is 20.3 Å². The zero-order valence-corrected chi connectivity index (χ0v) is 6.18. The fraction of sp³-hybridized carbons (Fsp3) is 1.00. The van der Waals surface area contributed by atoms with E-state index in [0.29, 0.717) is 6.04 Å². The van der Waals surface area contributed by atoms with Crippen LogP contribution in [0, 0.1) is 5.92 Å². The summed E-state index contributed by atoms with van der Waals surface area (Å²) in [7, 11) is 1.77. The van der Waals surface area contributed by atoms with E-state index < -0.39 is 0 Å². The van der Waals surface area contributed by atoms with E-state index in [4.69, 9.17) is 4.74 Å². The molecule has 9 heavy (non-hydrogen) atoms. The first-order valence-electron chi connectivity index (χ1n) is 3.57. The zero-order chi connectivity index (χ0) is 6.69. The van der Waals surface area contributed by atoms with Crippen LogP contribution < -0.4 is 5.32 Å². The van der Waals surface area contributed by atoms with Gasteiger partial charge in [0.1, 0.15) is 0 Å². The van der Waals surface area contributed by atoms with E-state index in [1.807, 2.05) is 0 Å². The highest BCUT2D eigenvalue weighted by Crippen LogP contribution is 2.14. The second-order valence-electron chi connectivity index (χ2n) is 2.75. The normalized spacial score (nSPS) is 35.3. The van der Waals surface area contributed by atoms with Crippen molar-refractivity contribution in [3.63, 3.8) is 0 Å². The Bertz CT molecular complexity index is 85.0. The van der Waals surface area contributed by atoms with Gasteiger partial charge >= 0.3 is 0 Å². The molecule has 0 amide bonds. The number of hydrogen-bond donors (Lipinski definition) is 1. The van der Waals surface area contributed by atoms with E-state index in [0.717, 1.165) is 19.1 Å². The maximum atomic E-state index is 5.06. The van der Waals surface area contributed by atoms with E-state index >= 15 is 0 Å². The molecule has 2 unspecified atom stereocenters. The predicted molar refractivity (Wildman–Crippen MR) is 37.4 cm³/mol. The highest BCUT2D eigenvalue weighted by atomic mass is 16.5. The average Bonchev–Trinajstić information content (AvgIpc) is 2.18. The van der Waals surface area contributed by atoms with Gasteiger partial charge in [-0.2, -0.15) is 0 Å². The molecule has 2 atom stereocenters. The van der Waals surface area contributed by atoms with Crippen molar-refractivity contribution in [1.29, 1.82) is 0 Å². The topological polar surface area (TPSA) is 21.3 Å². The third-order valence-electron chi connectivity index (χ3n) is 2.07. The van der Waals surface area contributed by atoms with E-state index in [-0.39, 0.29) is 0 Å². The van der Waals surface area contributed by atoms with Gasteiger partial charge in [0.05, 0.1) is 6.61 Å². The van der Waals surface area contributed by atoms with E-state index in [9.17, 15) is 0 Å². The van der Waals surface area contributed by atoms with Gasteiger partial charge in [0.25, 0.3) is 0 Å². The maximum Gasteiger partial charge on any atom is 0.0505 e. The van der Waals surface area contributed by atoms with Gasteiger partial charge < -0.3 is 10.1 Å². The van der Waals surface area contributed by atoms with Gasteiger partial charge in [0, 0.05) is 13.2 Å². The largest absolute Gasteiger partial charge is 0.384 e. The summed E-state index contributed by atoms with van der Waals surface area (Å²) in [6.07, 6.45) is 1.27. The lowest BCUT2D eigenvalue weighted by Crippen LogP contribution is -2.25. The Balaban J connectivity index is 2.22. The molecule has 0 aromatic rings. The van der Waals surface area contributed by atoms with Crippen LogP contribution in [0.2, 0.25) is 0 Å². The molecule has 1 rings (SSSR count). The molecule has 54 valence electrons. The lowest BCUT2D eigenvalue weighted by atomic mass is 10.0. The summed E-state index contributed by atoms with van der Waals surface area (Å²) in [5, 5.41) is 3.37. The molecule has 0 spiro atoms. The summed E-state index contributed by atoms with van der Waals surface area (Å²) in [6, 6.07) is 0.657. The Labute approximate surface area is 56.6 Å². The van der Waals surface area contributed by atoms with Gasteiger partial charge in [-0.3, -0.25) is 0 Å². The zero-order valence-electron chi connectivity index (χ0n) is 6.18. The summed E-state index contributed by atoms with van der Waals surface area (Å²) >= 11 is 0. The number of ether oxygens (including phenoxy) is 1. The minimum atomic E-state index is 0.657. The standard InChI is InChI=1S/C7H15NO/c1-6-7(5-9-2)3-4-8-6/h6-8H,3-5H2,1-2H3. The lowest BCUT2D eigenvalue weighted by molar-refractivity contribution is 0.148. The molecule has 1 aliphatic heterocycles. The van der Waals surface area contributed by atoms with Crippen LogP contribution in [0.25, 0.3) is 0 Å². The molecule has 0 aromatic carbocycles. The summed E-state index contributed by atoms with van der Waals surface area (Å²) in [4.78, 5) is 0. The molecule has 0 aliphatic carbocycles. The van der Waals surface area contributed by atoms with Crippen LogP contribution in [0.15, 0.2) is 0 Å². The summed E-state index contributed by atoms with van der Waals surface area (Å²) in [6.45, 7) is 4.29. The van der Waals surface area contributed by atoms with Gasteiger partial charge in [-0.05, 0) is 25.8 Å². The first-order chi connectivity index (χ1) is 4.34. The molecule has 0 radical (unpaired) electrons. The van der Waals surface area contributed by atoms with Gasteiger partial charge in [-0.1, -0.05) is 0 Å². The van der Waals surface area contributed by atoms with Crippen LogP contribution in [0.1, 0.15) is 13.3 Å². The van der Waals surface area contributed by atoms with Crippen LogP contribution in [0.4, 0.5) is 0 Å². The maximum absolute atomic E-state index is 5.06. The van der Waals surface area contributed by atoms with Crippen molar-refractivity contribution < 1.29 is 4.74 Å². The minimum Gasteiger partial charge on any atom is -0.384 e. The van der Waals surface area contributed by atoms with Crippen LogP contribution in [0.3, 0.4) is 0 Å².